The van der Waals surface area contributed by atoms with E-state index in [9.17, 15) is 5.11 Å². The molecule has 1 aromatic carbocycles. The quantitative estimate of drug-likeness (QED) is 0.728. The Hall–Kier alpha value is -1.06. The van der Waals surface area contributed by atoms with Gasteiger partial charge < -0.3 is 15.5 Å². The van der Waals surface area contributed by atoms with E-state index in [4.69, 9.17) is 5.11 Å². The largest absolute Gasteiger partial charge is 0.394 e. The molecule has 0 aliphatic heterocycles. The van der Waals surface area contributed by atoms with E-state index in [0.29, 0.717) is 18.4 Å². The number of aliphatic hydroxyl groups is 2. The van der Waals surface area contributed by atoms with Crippen molar-refractivity contribution in [3.8, 4) is 0 Å². The van der Waals surface area contributed by atoms with Crippen LogP contribution >= 0.6 is 0 Å². The summed E-state index contributed by atoms with van der Waals surface area (Å²) in [6, 6.07) is 6.23. The third kappa shape index (κ3) is 3.72. The van der Waals surface area contributed by atoms with E-state index in [1.54, 1.807) is 0 Å². The monoisotopic (exact) mass is 251 g/mol. The highest BCUT2D eigenvalue weighted by molar-refractivity contribution is 5.57. The lowest BCUT2D eigenvalue weighted by Gasteiger charge is -2.21. The summed E-state index contributed by atoms with van der Waals surface area (Å²) in [6.07, 6.45) is -0.715. The predicted molar refractivity (Wildman–Crippen MR) is 76.2 cm³/mol. The van der Waals surface area contributed by atoms with Gasteiger partial charge in [0.05, 0.1) is 12.7 Å². The van der Waals surface area contributed by atoms with Gasteiger partial charge in [-0.3, -0.25) is 0 Å². The maximum absolute atomic E-state index is 9.41. The van der Waals surface area contributed by atoms with Crippen LogP contribution in [0.2, 0.25) is 0 Å². The second-order valence-corrected chi connectivity index (χ2v) is 5.34. The van der Waals surface area contributed by atoms with Crippen LogP contribution in [0, 0.1) is 0 Å². The van der Waals surface area contributed by atoms with Gasteiger partial charge in [0.2, 0.25) is 0 Å². The first-order chi connectivity index (χ1) is 8.47. The number of aliphatic hydroxyl groups excluding tert-OH is 2. The molecule has 0 aliphatic rings. The number of rotatable bonds is 6. The minimum atomic E-state index is -0.715. The highest BCUT2D eigenvalue weighted by atomic mass is 16.3. The Bertz CT molecular complexity index is 375. The number of hydrogen-bond acceptors (Lipinski definition) is 3. The first-order valence-electron chi connectivity index (χ1n) is 6.63. The molecule has 0 spiro atoms. The van der Waals surface area contributed by atoms with Crippen LogP contribution in [-0.2, 0) is 0 Å². The SMILES string of the molecule is CC(C)c1cccc(NCC(O)CO)c1C(C)C. The Balaban J connectivity index is 2.99. The van der Waals surface area contributed by atoms with E-state index in [1.165, 1.54) is 11.1 Å². The average molecular weight is 251 g/mol. The molecule has 0 heterocycles. The zero-order valence-electron chi connectivity index (χ0n) is 11.8. The maximum atomic E-state index is 9.41. The van der Waals surface area contributed by atoms with Gasteiger partial charge in [0.15, 0.2) is 0 Å². The Morgan fingerprint density at radius 3 is 2.28 bits per heavy atom. The molecule has 102 valence electrons. The molecule has 0 saturated carbocycles. The van der Waals surface area contributed by atoms with Gasteiger partial charge in [-0.25, -0.2) is 0 Å². The number of hydrogen-bond donors (Lipinski definition) is 3. The van der Waals surface area contributed by atoms with E-state index >= 15 is 0 Å². The molecule has 18 heavy (non-hydrogen) atoms. The molecule has 0 bridgehead atoms. The molecule has 1 rings (SSSR count). The van der Waals surface area contributed by atoms with Gasteiger partial charge in [-0.15, -0.1) is 0 Å². The van der Waals surface area contributed by atoms with Crippen LogP contribution < -0.4 is 5.32 Å². The summed E-state index contributed by atoms with van der Waals surface area (Å²) in [4.78, 5) is 0. The fourth-order valence-electron chi connectivity index (χ4n) is 2.18. The third-order valence-electron chi connectivity index (χ3n) is 3.08. The normalized spacial score (nSPS) is 13.1. The highest BCUT2D eigenvalue weighted by Gasteiger charge is 2.14. The van der Waals surface area contributed by atoms with Crippen LogP contribution in [0.1, 0.15) is 50.7 Å². The summed E-state index contributed by atoms with van der Waals surface area (Å²) >= 11 is 0. The molecule has 3 heteroatoms. The lowest BCUT2D eigenvalue weighted by atomic mass is 9.89. The molecular weight excluding hydrogens is 226 g/mol. The topological polar surface area (TPSA) is 52.5 Å². The lowest BCUT2D eigenvalue weighted by molar-refractivity contribution is 0.105. The van der Waals surface area contributed by atoms with E-state index in [2.05, 4.69) is 39.1 Å². The summed E-state index contributed by atoms with van der Waals surface area (Å²) in [7, 11) is 0. The summed E-state index contributed by atoms with van der Waals surface area (Å²) in [6.45, 7) is 8.89. The molecule has 0 radical (unpaired) electrons. The molecule has 0 saturated heterocycles. The van der Waals surface area contributed by atoms with Gasteiger partial charge in [-0.2, -0.15) is 0 Å². The zero-order valence-corrected chi connectivity index (χ0v) is 11.8. The van der Waals surface area contributed by atoms with Crippen molar-refractivity contribution in [2.75, 3.05) is 18.5 Å². The van der Waals surface area contributed by atoms with Crippen molar-refractivity contribution in [3.63, 3.8) is 0 Å². The maximum Gasteiger partial charge on any atom is 0.0942 e. The average Bonchev–Trinajstić information content (AvgIpc) is 2.34. The molecule has 0 aliphatic carbocycles. The second kappa shape index (κ2) is 6.76. The second-order valence-electron chi connectivity index (χ2n) is 5.34. The van der Waals surface area contributed by atoms with Crippen LogP contribution in [0.3, 0.4) is 0 Å². The van der Waals surface area contributed by atoms with Gasteiger partial charge in [0.25, 0.3) is 0 Å². The Kier molecular flexibility index (Phi) is 5.63. The van der Waals surface area contributed by atoms with Crippen molar-refractivity contribution < 1.29 is 10.2 Å². The molecule has 3 nitrogen and oxygen atoms in total. The van der Waals surface area contributed by atoms with Crippen LogP contribution in [0.5, 0.6) is 0 Å². The summed E-state index contributed by atoms with van der Waals surface area (Å²) < 4.78 is 0. The summed E-state index contributed by atoms with van der Waals surface area (Å²) in [5.41, 5.74) is 3.70. The Morgan fingerprint density at radius 2 is 1.78 bits per heavy atom. The lowest BCUT2D eigenvalue weighted by Crippen LogP contribution is -2.23. The zero-order chi connectivity index (χ0) is 13.7. The van der Waals surface area contributed by atoms with Gasteiger partial charge in [-0.1, -0.05) is 39.8 Å². The van der Waals surface area contributed by atoms with Crippen molar-refractivity contribution in [2.45, 2.75) is 45.6 Å². The van der Waals surface area contributed by atoms with Gasteiger partial charge >= 0.3 is 0 Å². The first-order valence-corrected chi connectivity index (χ1v) is 6.63. The third-order valence-corrected chi connectivity index (χ3v) is 3.08. The Morgan fingerprint density at radius 1 is 1.11 bits per heavy atom. The summed E-state index contributed by atoms with van der Waals surface area (Å²) in [5, 5.41) is 21.5. The first kappa shape index (κ1) is 15.0. The van der Waals surface area contributed by atoms with E-state index < -0.39 is 6.10 Å². The molecule has 1 unspecified atom stereocenters. The Labute approximate surface area is 110 Å². The van der Waals surface area contributed by atoms with E-state index in [0.717, 1.165) is 5.69 Å². The minimum absolute atomic E-state index is 0.214. The summed E-state index contributed by atoms with van der Waals surface area (Å²) in [5.74, 6) is 0.907. The smallest absolute Gasteiger partial charge is 0.0942 e. The van der Waals surface area contributed by atoms with Crippen molar-refractivity contribution >= 4 is 5.69 Å². The molecular formula is C15H25NO2. The van der Waals surface area contributed by atoms with Crippen LogP contribution in [0.4, 0.5) is 5.69 Å². The highest BCUT2D eigenvalue weighted by Crippen LogP contribution is 2.32. The molecule has 0 fully saturated rings. The fraction of sp³-hybridized carbons (Fsp3) is 0.600. The van der Waals surface area contributed by atoms with E-state index in [1.807, 2.05) is 12.1 Å². The van der Waals surface area contributed by atoms with Crippen LogP contribution in [0.15, 0.2) is 18.2 Å². The van der Waals surface area contributed by atoms with Crippen LogP contribution in [-0.4, -0.2) is 29.5 Å². The number of nitrogens with one attached hydrogen (secondary N) is 1. The van der Waals surface area contributed by atoms with Crippen LogP contribution in [0.25, 0.3) is 0 Å². The molecule has 1 aromatic rings. The standard InChI is InChI=1S/C15H25NO2/c1-10(2)13-6-5-7-14(15(13)11(3)4)16-8-12(18)9-17/h5-7,10-12,16-18H,8-9H2,1-4H3. The molecule has 0 amide bonds. The minimum Gasteiger partial charge on any atom is -0.394 e. The van der Waals surface area contributed by atoms with Gasteiger partial charge in [-0.05, 0) is 29.0 Å². The molecule has 1 atom stereocenters. The van der Waals surface area contributed by atoms with Crippen molar-refractivity contribution in [1.82, 2.24) is 0 Å². The molecule has 0 aromatic heterocycles. The van der Waals surface area contributed by atoms with E-state index in [-0.39, 0.29) is 6.61 Å². The fourth-order valence-corrected chi connectivity index (χ4v) is 2.18. The van der Waals surface area contributed by atoms with Gasteiger partial charge in [0, 0.05) is 12.2 Å². The van der Waals surface area contributed by atoms with Gasteiger partial charge in [0.1, 0.15) is 0 Å². The van der Waals surface area contributed by atoms with Crippen molar-refractivity contribution in [1.29, 1.82) is 0 Å². The van der Waals surface area contributed by atoms with Crippen molar-refractivity contribution in [2.24, 2.45) is 0 Å². The molecule has 3 N–H and O–H groups in total. The number of benzene rings is 1. The van der Waals surface area contributed by atoms with Crippen molar-refractivity contribution in [3.05, 3.63) is 29.3 Å². The predicted octanol–water partition coefficient (Wildman–Crippen LogP) is 2.70. The number of anilines is 1.